The summed E-state index contributed by atoms with van der Waals surface area (Å²) < 4.78 is 22.4. The van der Waals surface area contributed by atoms with E-state index >= 15 is 0 Å². The molecule has 3 aliphatic heterocycles. The van der Waals surface area contributed by atoms with E-state index in [0.717, 1.165) is 56.6 Å². The number of anilines is 1. The van der Waals surface area contributed by atoms with E-state index in [1.165, 1.54) is 7.11 Å². The Morgan fingerprint density at radius 2 is 1.96 bits per heavy atom. The maximum absolute atomic E-state index is 12.9. The van der Waals surface area contributed by atoms with Crippen LogP contribution in [0.1, 0.15) is 44.1 Å². The van der Waals surface area contributed by atoms with Crippen LogP contribution in [0.5, 0.6) is 0 Å². The van der Waals surface area contributed by atoms with Gasteiger partial charge >= 0.3 is 167 Å². The Morgan fingerprint density at radius 3 is 2.46 bits per heavy atom. The summed E-state index contributed by atoms with van der Waals surface area (Å²) in [5, 5.41) is 9.23. The molecule has 1 saturated carbocycles. The first-order chi connectivity index (χ1) is 13.5. The van der Waals surface area contributed by atoms with Crippen LogP contribution in [0.2, 0.25) is 0 Å². The molecule has 0 aromatic heterocycles. The minimum absolute atomic E-state index is 0.00772. The molecule has 1 aromatic carbocycles. The zero-order chi connectivity index (χ0) is 19.9. The average molecular weight is 454 g/mol. The van der Waals surface area contributed by atoms with E-state index in [2.05, 4.69) is 13.7 Å². The minimum atomic E-state index is -4.73. The van der Waals surface area contributed by atoms with E-state index in [4.69, 9.17) is 3.88 Å². The third-order valence-corrected chi connectivity index (χ3v) is 9.44. The number of benzene rings is 1. The van der Waals surface area contributed by atoms with Crippen molar-refractivity contribution < 1.29 is 26.4 Å². The van der Waals surface area contributed by atoms with Crippen molar-refractivity contribution in [2.24, 2.45) is 5.92 Å². The number of amides is 1. The average Bonchev–Trinajstić information content (AvgIpc) is 3.54. The van der Waals surface area contributed by atoms with Gasteiger partial charge in [0.25, 0.3) is 0 Å². The van der Waals surface area contributed by atoms with Crippen LogP contribution in [0.15, 0.2) is 18.2 Å². The Kier molecular flexibility index (Phi) is 5.71. The fourth-order valence-corrected chi connectivity index (χ4v) is 7.23. The Hall–Kier alpha value is -1.15. The number of carbonyl (C=O) groups excluding carboxylic acids is 1. The van der Waals surface area contributed by atoms with Crippen LogP contribution >= 0.6 is 0 Å². The van der Waals surface area contributed by atoms with Crippen molar-refractivity contribution in [1.29, 1.82) is 0 Å². The van der Waals surface area contributed by atoms with Crippen LogP contribution in [-0.2, 0) is 21.2 Å². The summed E-state index contributed by atoms with van der Waals surface area (Å²) in [7, 11) is 1.23. The number of hydrogen-bond donors (Lipinski definition) is 1. The molecule has 5 rings (SSSR count). The molecule has 2 atom stereocenters. The first-order valence-corrected chi connectivity index (χ1v) is 13.0. The molecular weight excluding hydrogens is 427 g/mol. The second-order valence-electron chi connectivity index (χ2n) is 7.93. The van der Waals surface area contributed by atoms with Gasteiger partial charge < -0.3 is 0 Å². The molecule has 3 heterocycles. The van der Waals surface area contributed by atoms with E-state index in [1.54, 1.807) is 19.1 Å². The van der Waals surface area contributed by atoms with Crippen LogP contribution in [0.4, 0.5) is 5.69 Å². The Balaban J connectivity index is 1.72. The summed E-state index contributed by atoms with van der Waals surface area (Å²) in [6, 6.07) is 5.49. The number of hydrogen-bond acceptors (Lipinski definition) is 7. The first-order valence-electron chi connectivity index (χ1n) is 9.79. The fraction of sp³-hybridized carbons (Fsp3) is 0.632. The molecule has 8 nitrogen and oxygen atoms in total. The van der Waals surface area contributed by atoms with Crippen LogP contribution in [0.3, 0.4) is 0 Å². The molecule has 3 saturated heterocycles. The van der Waals surface area contributed by atoms with Gasteiger partial charge in [-0.3, -0.25) is 0 Å². The summed E-state index contributed by atoms with van der Waals surface area (Å²) >= 11 is -4.73. The second-order valence-corrected chi connectivity index (χ2v) is 11.7. The van der Waals surface area contributed by atoms with Crippen molar-refractivity contribution in [2.45, 2.75) is 44.6 Å². The van der Waals surface area contributed by atoms with Crippen molar-refractivity contribution in [3.8, 4) is 0 Å². The van der Waals surface area contributed by atoms with Crippen molar-refractivity contribution in [3.05, 3.63) is 23.8 Å². The normalized spacial score (nSPS) is 28.8. The molecule has 154 valence electrons. The molecule has 4 fully saturated rings. The molecular formula is C19H27AsN2O6. The van der Waals surface area contributed by atoms with Gasteiger partial charge in [0.05, 0.1) is 0 Å². The Labute approximate surface area is 167 Å². The molecule has 1 amide bonds. The van der Waals surface area contributed by atoms with E-state index in [9.17, 15) is 13.8 Å². The molecule has 0 spiro atoms. The molecule has 4 aliphatic rings. The van der Waals surface area contributed by atoms with Gasteiger partial charge in [0.15, 0.2) is 0 Å². The van der Waals surface area contributed by atoms with Crippen molar-refractivity contribution in [3.63, 3.8) is 0 Å². The summed E-state index contributed by atoms with van der Waals surface area (Å²) in [6.45, 7) is 4.70. The topological polar surface area (TPSA) is 88.5 Å². The molecule has 28 heavy (non-hydrogen) atoms. The molecule has 1 aromatic rings. The molecule has 1 aliphatic carbocycles. The van der Waals surface area contributed by atoms with Crippen molar-refractivity contribution >= 4 is 30.1 Å². The zero-order valence-corrected chi connectivity index (χ0v) is 18.1. The molecule has 2 unspecified atom stereocenters. The maximum atomic E-state index is 12.9. The van der Waals surface area contributed by atoms with Gasteiger partial charge in [0.1, 0.15) is 0 Å². The first kappa shape index (κ1) is 20.1. The van der Waals surface area contributed by atoms with Crippen molar-refractivity contribution in [1.82, 2.24) is 4.90 Å². The third-order valence-electron chi connectivity index (χ3n) is 6.17. The Bertz CT molecular complexity index is 791. The second kappa shape index (κ2) is 7.93. The number of fused-ring (bicyclic) bond motifs is 3. The zero-order valence-electron chi connectivity index (χ0n) is 16.2. The van der Waals surface area contributed by atoms with Crippen LogP contribution in [0, 0.1) is 5.92 Å². The summed E-state index contributed by atoms with van der Waals surface area (Å²) in [4.78, 5) is 21.5. The van der Waals surface area contributed by atoms with Crippen LogP contribution < -0.4 is 9.25 Å². The van der Waals surface area contributed by atoms with E-state index in [-0.39, 0.29) is 17.9 Å². The van der Waals surface area contributed by atoms with Gasteiger partial charge in [-0.05, 0) is 0 Å². The van der Waals surface area contributed by atoms with Crippen LogP contribution in [0.25, 0.3) is 0 Å². The number of carbonyl (C=O) groups is 1. The van der Waals surface area contributed by atoms with E-state index in [0.29, 0.717) is 10.3 Å². The number of piperidine rings is 3. The van der Waals surface area contributed by atoms with E-state index < -0.39 is 14.2 Å². The van der Waals surface area contributed by atoms with Gasteiger partial charge in [-0.2, -0.15) is 0 Å². The number of nitrogens with zero attached hydrogens (tertiary/aromatic N) is 2. The number of rotatable bonds is 7. The monoisotopic (exact) mass is 454 g/mol. The molecule has 2 bridgehead atoms. The predicted molar refractivity (Wildman–Crippen MR) is 102 cm³/mol. The quantitative estimate of drug-likeness (QED) is 0.381. The van der Waals surface area contributed by atoms with Gasteiger partial charge in [0, 0.05) is 0 Å². The summed E-state index contributed by atoms with van der Waals surface area (Å²) in [6.07, 6.45) is 4.15. The van der Waals surface area contributed by atoms with Gasteiger partial charge in [-0.25, -0.2) is 0 Å². The predicted octanol–water partition coefficient (Wildman–Crippen LogP) is 1.66. The molecule has 0 radical (unpaired) electrons. The molecule has 9 heteroatoms. The van der Waals surface area contributed by atoms with Crippen molar-refractivity contribution in [2.75, 3.05) is 31.6 Å². The summed E-state index contributed by atoms with van der Waals surface area (Å²) in [5.41, 5.74) is 1.60. The van der Waals surface area contributed by atoms with E-state index in [1.807, 2.05) is 11.0 Å². The Morgan fingerprint density at radius 1 is 1.25 bits per heavy atom. The fourth-order valence-electron chi connectivity index (χ4n) is 4.69. The summed E-state index contributed by atoms with van der Waals surface area (Å²) in [5.74, 6) is 0.736. The molecule has 1 N–H and O–H groups in total. The van der Waals surface area contributed by atoms with Crippen LogP contribution in [-0.4, -0.2) is 63.0 Å². The third kappa shape index (κ3) is 3.69. The van der Waals surface area contributed by atoms with Gasteiger partial charge in [0.2, 0.25) is 0 Å². The standard InChI is InChI=1S/C19H27AsN2O6/c1-13(23)22(19-12-21-9-7-15(19)8-10-21)16-5-6-18(17(11-16)14-3-4-14)20(24,27-25)28-26-2/h5-6,11,14-15,19,25H,3-4,7-10,12H2,1-2H3. The SMILES string of the molecule is COO[As](=O)(OO)c1ccc(N(C(C)=O)C2CN3CCC2CC3)cc1C1CC1. The van der Waals surface area contributed by atoms with Gasteiger partial charge in [-0.15, -0.1) is 0 Å². The van der Waals surface area contributed by atoms with Gasteiger partial charge in [-0.1, -0.05) is 0 Å².